The predicted octanol–water partition coefficient (Wildman–Crippen LogP) is 3.47. The zero-order chi connectivity index (χ0) is 21.3. The first-order valence-corrected chi connectivity index (χ1v) is 10.7. The van der Waals surface area contributed by atoms with E-state index in [9.17, 15) is 5.11 Å². The predicted molar refractivity (Wildman–Crippen MR) is 118 cm³/mol. The van der Waals surface area contributed by atoms with Crippen molar-refractivity contribution < 1.29 is 9.84 Å². The summed E-state index contributed by atoms with van der Waals surface area (Å²) < 4.78 is 7.78. The molecule has 3 aromatic rings. The first-order chi connectivity index (χ1) is 14.3. The molecule has 0 spiro atoms. The molecule has 7 nitrogen and oxygen atoms in total. The Balaban J connectivity index is 1.43. The highest BCUT2D eigenvalue weighted by molar-refractivity contribution is 5.83. The van der Waals surface area contributed by atoms with Crippen LogP contribution in [-0.2, 0) is 12.0 Å². The highest BCUT2D eigenvalue weighted by Gasteiger charge is 2.20. The zero-order valence-electron chi connectivity index (χ0n) is 18.3. The van der Waals surface area contributed by atoms with Gasteiger partial charge in [-0.25, -0.2) is 15.0 Å². The van der Waals surface area contributed by atoms with Crippen LogP contribution in [0.25, 0.3) is 11.2 Å². The number of ether oxygens (including phenoxy) is 1. The number of fused-ring (bicyclic) bond motifs is 1. The summed E-state index contributed by atoms with van der Waals surface area (Å²) in [5.41, 5.74) is 3.98. The molecular formula is C23H31N5O2. The number of benzene rings is 1. The summed E-state index contributed by atoms with van der Waals surface area (Å²) in [5.74, 6) is 1.69. The van der Waals surface area contributed by atoms with Gasteiger partial charge >= 0.3 is 0 Å². The minimum atomic E-state index is -0.672. The van der Waals surface area contributed by atoms with Crippen molar-refractivity contribution in [3.8, 4) is 5.75 Å². The molecule has 2 aromatic heterocycles. The number of anilines is 1. The van der Waals surface area contributed by atoms with Crippen LogP contribution in [0.1, 0.15) is 44.7 Å². The minimum absolute atomic E-state index is 0.0983. The van der Waals surface area contributed by atoms with Crippen molar-refractivity contribution in [2.24, 2.45) is 0 Å². The third kappa shape index (κ3) is 4.26. The summed E-state index contributed by atoms with van der Waals surface area (Å²) in [5, 5.41) is 10.6. The molecule has 0 aliphatic carbocycles. The highest BCUT2D eigenvalue weighted by Crippen LogP contribution is 2.28. The topological polar surface area (TPSA) is 76.3 Å². The lowest BCUT2D eigenvalue weighted by molar-refractivity contribution is 0.0929. The number of imidazole rings is 1. The van der Waals surface area contributed by atoms with Crippen molar-refractivity contribution in [2.75, 3.05) is 24.6 Å². The van der Waals surface area contributed by atoms with E-state index in [1.807, 2.05) is 17.6 Å². The second-order valence-electron chi connectivity index (χ2n) is 9.16. The van der Waals surface area contributed by atoms with Crippen LogP contribution in [0.3, 0.4) is 0 Å². The molecule has 1 saturated heterocycles. The van der Waals surface area contributed by atoms with E-state index in [0.29, 0.717) is 6.54 Å². The molecule has 3 heterocycles. The maximum atomic E-state index is 10.6. The van der Waals surface area contributed by atoms with Gasteiger partial charge in [0.15, 0.2) is 17.0 Å². The van der Waals surface area contributed by atoms with Gasteiger partial charge in [-0.1, -0.05) is 32.9 Å². The molecule has 1 aliphatic rings. The summed E-state index contributed by atoms with van der Waals surface area (Å²) in [7, 11) is 0. The first kappa shape index (κ1) is 20.6. The average Bonchev–Trinajstić information content (AvgIpc) is 3.36. The van der Waals surface area contributed by atoms with Crippen LogP contribution in [0.15, 0.2) is 30.9 Å². The van der Waals surface area contributed by atoms with E-state index < -0.39 is 6.10 Å². The van der Waals surface area contributed by atoms with Crippen LogP contribution in [0.2, 0.25) is 0 Å². The average molecular weight is 410 g/mol. The van der Waals surface area contributed by atoms with Crippen LogP contribution in [-0.4, -0.2) is 50.4 Å². The molecular weight excluding hydrogens is 378 g/mol. The van der Waals surface area contributed by atoms with E-state index in [0.717, 1.165) is 41.4 Å². The molecule has 160 valence electrons. The first-order valence-electron chi connectivity index (χ1n) is 10.7. The second kappa shape index (κ2) is 8.22. The number of rotatable bonds is 6. The van der Waals surface area contributed by atoms with Gasteiger partial charge in [0.05, 0.1) is 12.9 Å². The van der Waals surface area contributed by atoms with E-state index >= 15 is 0 Å². The van der Waals surface area contributed by atoms with Crippen molar-refractivity contribution in [3.63, 3.8) is 0 Å². The Labute approximate surface area is 177 Å². The Bertz CT molecular complexity index is 1020. The number of hydrogen-bond donors (Lipinski definition) is 1. The number of aromatic nitrogens is 4. The van der Waals surface area contributed by atoms with Gasteiger partial charge in [-0.3, -0.25) is 0 Å². The van der Waals surface area contributed by atoms with Gasteiger partial charge < -0.3 is 19.3 Å². The van der Waals surface area contributed by atoms with Gasteiger partial charge in [0.2, 0.25) is 0 Å². The normalized spacial score (nSPS) is 15.7. The molecule has 7 heteroatoms. The lowest BCUT2D eigenvalue weighted by Crippen LogP contribution is -2.24. The molecule has 1 unspecified atom stereocenters. The number of hydrogen-bond acceptors (Lipinski definition) is 6. The Kier molecular flexibility index (Phi) is 5.64. The van der Waals surface area contributed by atoms with Gasteiger partial charge in [0.1, 0.15) is 24.8 Å². The van der Waals surface area contributed by atoms with Gasteiger partial charge in [-0.05, 0) is 42.4 Å². The molecule has 1 atom stereocenters. The Hall–Kier alpha value is -2.67. The SMILES string of the molecule is Cc1cc(C(C)(C)C)ccc1OCC(O)Cn1cnc2c(N3CCCC3)ncnc21. The van der Waals surface area contributed by atoms with Crippen molar-refractivity contribution in [1.82, 2.24) is 19.5 Å². The molecule has 0 saturated carbocycles. The number of aryl methyl sites for hydroxylation is 1. The van der Waals surface area contributed by atoms with Crippen molar-refractivity contribution in [2.45, 2.75) is 58.6 Å². The van der Waals surface area contributed by atoms with Crippen LogP contribution >= 0.6 is 0 Å². The molecule has 1 aliphatic heterocycles. The van der Waals surface area contributed by atoms with E-state index in [1.54, 1.807) is 12.7 Å². The Morgan fingerprint density at radius 3 is 2.60 bits per heavy atom. The van der Waals surface area contributed by atoms with E-state index in [1.165, 1.54) is 18.4 Å². The standard InChI is InChI=1S/C23H31N5O2/c1-16-11-17(23(2,3)4)7-8-19(16)30-13-18(29)12-28-15-26-20-21(24-14-25-22(20)28)27-9-5-6-10-27/h7-8,11,14-15,18,29H,5-6,9-10,12-13H2,1-4H3. The fourth-order valence-electron chi connectivity index (χ4n) is 3.91. The molecule has 0 amide bonds. The number of aliphatic hydroxyl groups excluding tert-OH is 1. The van der Waals surface area contributed by atoms with Crippen LogP contribution < -0.4 is 9.64 Å². The van der Waals surface area contributed by atoms with Crippen LogP contribution in [0, 0.1) is 6.92 Å². The third-order valence-corrected chi connectivity index (χ3v) is 5.67. The highest BCUT2D eigenvalue weighted by atomic mass is 16.5. The second-order valence-corrected chi connectivity index (χ2v) is 9.16. The largest absolute Gasteiger partial charge is 0.491 e. The molecule has 30 heavy (non-hydrogen) atoms. The summed E-state index contributed by atoms with van der Waals surface area (Å²) >= 11 is 0. The summed E-state index contributed by atoms with van der Waals surface area (Å²) in [4.78, 5) is 15.6. The molecule has 0 radical (unpaired) electrons. The van der Waals surface area contributed by atoms with E-state index in [4.69, 9.17) is 4.74 Å². The fraction of sp³-hybridized carbons (Fsp3) is 0.522. The van der Waals surface area contributed by atoms with Crippen molar-refractivity contribution >= 4 is 17.0 Å². The summed E-state index contributed by atoms with van der Waals surface area (Å²) in [6.07, 6.45) is 4.99. The molecule has 0 bridgehead atoms. The third-order valence-electron chi connectivity index (χ3n) is 5.67. The lowest BCUT2D eigenvalue weighted by Gasteiger charge is -2.21. The molecule has 1 fully saturated rings. The van der Waals surface area contributed by atoms with E-state index in [2.05, 4.69) is 52.8 Å². The van der Waals surface area contributed by atoms with Crippen LogP contribution in [0.5, 0.6) is 5.75 Å². The number of nitrogens with zero attached hydrogens (tertiary/aromatic N) is 5. The monoisotopic (exact) mass is 409 g/mol. The molecule has 1 N–H and O–H groups in total. The van der Waals surface area contributed by atoms with Crippen LogP contribution in [0.4, 0.5) is 5.82 Å². The van der Waals surface area contributed by atoms with Crippen molar-refractivity contribution in [3.05, 3.63) is 42.0 Å². The maximum absolute atomic E-state index is 10.6. The Morgan fingerprint density at radius 2 is 1.90 bits per heavy atom. The minimum Gasteiger partial charge on any atom is -0.491 e. The van der Waals surface area contributed by atoms with Gasteiger partial charge in [0.25, 0.3) is 0 Å². The molecule has 1 aromatic carbocycles. The maximum Gasteiger partial charge on any atom is 0.165 e. The van der Waals surface area contributed by atoms with Gasteiger partial charge in [-0.15, -0.1) is 0 Å². The summed E-state index contributed by atoms with van der Waals surface area (Å²) in [6, 6.07) is 6.24. The van der Waals surface area contributed by atoms with E-state index in [-0.39, 0.29) is 12.0 Å². The summed E-state index contributed by atoms with van der Waals surface area (Å²) in [6.45, 7) is 11.2. The van der Waals surface area contributed by atoms with Crippen molar-refractivity contribution in [1.29, 1.82) is 0 Å². The smallest absolute Gasteiger partial charge is 0.165 e. The molecule has 4 rings (SSSR count). The van der Waals surface area contributed by atoms with Gasteiger partial charge in [-0.2, -0.15) is 0 Å². The quantitative estimate of drug-likeness (QED) is 0.672. The zero-order valence-corrected chi connectivity index (χ0v) is 18.3. The Morgan fingerprint density at radius 1 is 1.13 bits per heavy atom. The van der Waals surface area contributed by atoms with Gasteiger partial charge in [0, 0.05) is 13.1 Å². The number of aliphatic hydroxyl groups is 1. The fourth-order valence-corrected chi connectivity index (χ4v) is 3.91. The lowest BCUT2D eigenvalue weighted by atomic mass is 9.86.